The number of nitrogens with one attached hydrogen (secondary N) is 1. The molecular formula is C12H22N2O. The van der Waals surface area contributed by atoms with Crippen LogP contribution in [-0.2, 0) is 6.54 Å². The molecule has 1 heterocycles. The van der Waals surface area contributed by atoms with Gasteiger partial charge in [-0.3, -0.25) is 0 Å². The van der Waals surface area contributed by atoms with E-state index in [1.807, 2.05) is 0 Å². The third-order valence-corrected chi connectivity index (χ3v) is 2.53. The summed E-state index contributed by atoms with van der Waals surface area (Å²) in [5.74, 6) is 2.14. The summed E-state index contributed by atoms with van der Waals surface area (Å²) >= 11 is 0. The summed E-state index contributed by atoms with van der Waals surface area (Å²) in [6, 6.07) is 2.06. The molecular weight excluding hydrogens is 188 g/mol. The molecule has 0 bridgehead atoms. The molecule has 1 aromatic heterocycles. The van der Waals surface area contributed by atoms with Crippen LogP contribution in [-0.4, -0.2) is 11.7 Å². The average molecular weight is 210 g/mol. The van der Waals surface area contributed by atoms with Gasteiger partial charge in [0, 0.05) is 18.5 Å². The van der Waals surface area contributed by atoms with E-state index in [0.29, 0.717) is 11.8 Å². The van der Waals surface area contributed by atoms with Gasteiger partial charge in [0.15, 0.2) is 0 Å². The molecule has 15 heavy (non-hydrogen) atoms. The molecule has 1 N–H and O–H groups in total. The third kappa shape index (κ3) is 4.04. The van der Waals surface area contributed by atoms with Crippen molar-refractivity contribution in [2.45, 2.75) is 46.6 Å². The topological polar surface area (TPSA) is 38.1 Å². The molecule has 0 saturated heterocycles. The van der Waals surface area contributed by atoms with Crippen LogP contribution in [0.25, 0.3) is 0 Å². The largest absolute Gasteiger partial charge is 0.361 e. The van der Waals surface area contributed by atoms with Gasteiger partial charge in [0.05, 0.1) is 5.69 Å². The number of nitrogens with zero attached hydrogens (tertiary/aromatic N) is 1. The van der Waals surface area contributed by atoms with Gasteiger partial charge < -0.3 is 9.84 Å². The summed E-state index contributed by atoms with van der Waals surface area (Å²) in [5.41, 5.74) is 1.01. The Morgan fingerprint density at radius 3 is 2.73 bits per heavy atom. The minimum Gasteiger partial charge on any atom is -0.361 e. The Bertz CT molecular complexity index is 281. The van der Waals surface area contributed by atoms with Crippen LogP contribution in [0.5, 0.6) is 0 Å². The van der Waals surface area contributed by atoms with Crippen molar-refractivity contribution < 1.29 is 4.52 Å². The van der Waals surface area contributed by atoms with Gasteiger partial charge in [-0.25, -0.2) is 0 Å². The van der Waals surface area contributed by atoms with Gasteiger partial charge in [0.1, 0.15) is 5.76 Å². The van der Waals surface area contributed by atoms with E-state index < -0.39 is 0 Å². The van der Waals surface area contributed by atoms with E-state index in [1.54, 1.807) is 0 Å². The minimum absolute atomic E-state index is 0.469. The Labute approximate surface area is 92.2 Å². The second kappa shape index (κ2) is 5.91. The van der Waals surface area contributed by atoms with E-state index >= 15 is 0 Å². The highest BCUT2D eigenvalue weighted by molar-refractivity contribution is 5.08. The Hall–Kier alpha value is -0.830. The van der Waals surface area contributed by atoms with Crippen LogP contribution in [0, 0.1) is 5.92 Å². The molecule has 1 atom stereocenters. The van der Waals surface area contributed by atoms with Crippen LogP contribution < -0.4 is 5.32 Å². The molecule has 0 radical (unpaired) electrons. The number of rotatable bonds is 6. The molecule has 3 heteroatoms. The zero-order valence-electron chi connectivity index (χ0n) is 10.2. The van der Waals surface area contributed by atoms with Crippen LogP contribution >= 0.6 is 0 Å². The van der Waals surface area contributed by atoms with Crippen molar-refractivity contribution >= 4 is 0 Å². The maximum atomic E-state index is 5.28. The van der Waals surface area contributed by atoms with Crippen molar-refractivity contribution in [1.29, 1.82) is 0 Å². The summed E-state index contributed by atoms with van der Waals surface area (Å²) in [6.45, 7) is 10.5. The summed E-state index contributed by atoms with van der Waals surface area (Å²) < 4.78 is 5.28. The summed E-state index contributed by atoms with van der Waals surface area (Å²) in [7, 11) is 0. The lowest BCUT2D eigenvalue weighted by atomic mass is 10.1. The van der Waals surface area contributed by atoms with Gasteiger partial charge in [-0.1, -0.05) is 32.9 Å². The van der Waals surface area contributed by atoms with Gasteiger partial charge in [0.2, 0.25) is 0 Å². The quantitative estimate of drug-likeness (QED) is 0.784. The lowest BCUT2D eigenvalue weighted by Crippen LogP contribution is -2.19. The van der Waals surface area contributed by atoms with Gasteiger partial charge in [-0.15, -0.1) is 0 Å². The minimum atomic E-state index is 0.469. The SMILES string of the molecule is CCC(C)c1cc(CNCC(C)C)no1. The van der Waals surface area contributed by atoms with Gasteiger partial charge in [-0.05, 0) is 18.9 Å². The molecule has 86 valence electrons. The summed E-state index contributed by atoms with van der Waals surface area (Å²) in [4.78, 5) is 0. The molecule has 0 amide bonds. The van der Waals surface area contributed by atoms with E-state index in [4.69, 9.17) is 4.52 Å². The standard InChI is InChI=1S/C12H22N2O/c1-5-10(4)12-6-11(14-15-12)8-13-7-9(2)3/h6,9-10,13H,5,7-8H2,1-4H3. The van der Waals surface area contributed by atoms with E-state index in [9.17, 15) is 0 Å². The second-order valence-electron chi connectivity index (χ2n) is 4.55. The van der Waals surface area contributed by atoms with Crippen LogP contribution in [0.3, 0.4) is 0 Å². The highest BCUT2D eigenvalue weighted by Crippen LogP contribution is 2.18. The predicted octanol–water partition coefficient (Wildman–Crippen LogP) is 2.93. The number of hydrogen-bond acceptors (Lipinski definition) is 3. The normalized spacial score (nSPS) is 13.4. The fraction of sp³-hybridized carbons (Fsp3) is 0.750. The van der Waals surface area contributed by atoms with Crippen LogP contribution in [0.15, 0.2) is 10.6 Å². The Morgan fingerprint density at radius 2 is 2.13 bits per heavy atom. The lowest BCUT2D eigenvalue weighted by molar-refractivity contribution is 0.356. The Kier molecular flexibility index (Phi) is 4.82. The predicted molar refractivity (Wildman–Crippen MR) is 61.8 cm³/mol. The maximum absolute atomic E-state index is 5.28. The van der Waals surface area contributed by atoms with E-state index in [2.05, 4.69) is 44.2 Å². The van der Waals surface area contributed by atoms with Crippen LogP contribution in [0.2, 0.25) is 0 Å². The monoisotopic (exact) mass is 210 g/mol. The molecule has 0 aliphatic rings. The molecule has 1 aromatic rings. The van der Waals surface area contributed by atoms with Crippen molar-refractivity contribution in [1.82, 2.24) is 10.5 Å². The Balaban J connectivity index is 2.39. The van der Waals surface area contributed by atoms with Gasteiger partial charge in [-0.2, -0.15) is 0 Å². The molecule has 0 saturated carbocycles. The highest BCUT2D eigenvalue weighted by Gasteiger charge is 2.09. The molecule has 0 aliphatic carbocycles. The first-order valence-corrected chi connectivity index (χ1v) is 5.79. The van der Waals surface area contributed by atoms with Crippen LogP contribution in [0.4, 0.5) is 0 Å². The second-order valence-corrected chi connectivity index (χ2v) is 4.55. The van der Waals surface area contributed by atoms with Crippen molar-refractivity contribution in [3.05, 3.63) is 17.5 Å². The lowest BCUT2D eigenvalue weighted by Gasteiger charge is -2.04. The fourth-order valence-corrected chi connectivity index (χ4v) is 1.33. The molecule has 1 rings (SSSR count). The molecule has 0 aromatic carbocycles. The zero-order chi connectivity index (χ0) is 11.3. The first-order valence-electron chi connectivity index (χ1n) is 5.79. The summed E-state index contributed by atoms with van der Waals surface area (Å²) in [5, 5.41) is 7.39. The molecule has 3 nitrogen and oxygen atoms in total. The zero-order valence-corrected chi connectivity index (χ0v) is 10.2. The highest BCUT2D eigenvalue weighted by atomic mass is 16.5. The van der Waals surface area contributed by atoms with Gasteiger partial charge in [0.25, 0.3) is 0 Å². The third-order valence-electron chi connectivity index (χ3n) is 2.53. The Morgan fingerprint density at radius 1 is 1.40 bits per heavy atom. The fourth-order valence-electron chi connectivity index (χ4n) is 1.33. The molecule has 1 unspecified atom stereocenters. The van der Waals surface area contributed by atoms with E-state index in [0.717, 1.165) is 31.0 Å². The van der Waals surface area contributed by atoms with E-state index in [-0.39, 0.29) is 0 Å². The summed E-state index contributed by atoms with van der Waals surface area (Å²) in [6.07, 6.45) is 1.09. The first-order chi connectivity index (χ1) is 7.13. The number of aromatic nitrogens is 1. The number of hydrogen-bond donors (Lipinski definition) is 1. The van der Waals surface area contributed by atoms with Crippen LogP contribution in [0.1, 0.15) is 51.5 Å². The maximum Gasteiger partial charge on any atom is 0.139 e. The molecule has 0 fully saturated rings. The smallest absolute Gasteiger partial charge is 0.139 e. The average Bonchev–Trinajstić information content (AvgIpc) is 2.65. The van der Waals surface area contributed by atoms with Crippen molar-refractivity contribution in [3.8, 4) is 0 Å². The van der Waals surface area contributed by atoms with E-state index in [1.165, 1.54) is 0 Å². The molecule has 0 aliphatic heterocycles. The first kappa shape index (κ1) is 12.2. The van der Waals surface area contributed by atoms with Crippen molar-refractivity contribution in [2.24, 2.45) is 5.92 Å². The van der Waals surface area contributed by atoms with Crippen molar-refractivity contribution in [2.75, 3.05) is 6.54 Å². The van der Waals surface area contributed by atoms with Crippen molar-refractivity contribution in [3.63, 3.8) is 0 Å². The molecule has 0 spiro atoms. The van der Waals surface area contributed by atoms with Gasteiger partial charge >= 0.3 is 0 Å².